The Morgan fingerprint density at radius 3 is 2.94 bits per heavy atom. The van der Waals surface area contributed by atoms with E-state index in [9.17, 15) is 0 Å². The Morgan fingerprint density at radius 2 is 2.12 bits per heavy atom. The number of aryl methyl sites for hydroxylation is 1. The Morgan fingerprint density at radius 1 is 1.31 bits per heavy atom. The quantitative estimate of drug-likeness (QED) is 0.688. The fourth-order valence-electron chi connectivity index (χ4n) is 2.51. The lowest BCUT2D eigenvalue weighted by Crippen LogP contribution is -2.18. The zero-order valence-corrected chi connectivity index (χ0v) is 11.1. The largest absolute Gasteiger partial charge is 0.302 e. The predicted octanol–water partition coefficient (Wildman–Crippen LogP) is 3.85. The number of halogens is 1. The van der Waals surface area contributed by atoms with Crippen molar-refractivity contribution in [1.82, 2.24) is 4.90 Å². The summed E-state index contributed by atoms with van der Waals surface area (Å²) in [5.74, 6) is 0. The van der Waals surface area contributed by atoms with Gasteiger partial charge in [-0.3, -0.25) is 0 Å². The van der Waals surface area contributed by atoms with E-state index >= 15 is 0 Å². The first-order valence-electron chi connectivity index (χ1n) is 5.54. The molecule has 1 aromatic carbocycles. The van der Waals surface area contributed by atoms with Crippen molar-refractivity contribution in [2.45, 2.75) is 19.9 Å². The zero-order valence-electron chi connectivity index (χ0n) is 9.51. The summed E-state index contributed by atoms with van der Waals surface area (Å²) in [6.45, 7) is 4.37. The molecule has 2 heterocycles. The van der Waals surface area contributed by atoms with Crippen LogP contribution in [-0.2, 0) is 13.0 Å². The first-order chi connectivity index (χ1) is 7.66. The van der Waals surface area contributed by atoms with Crippen LogP contribution in [0, 0.1) is 6.92 Å². The minimum atomic E-state index is 0.932. The van der Waals surface area contributed by atoms with Gasteiger partial charge in [-0.25, -0.2) is 0 Å². The number of hydrogen-bond donors (Lipinski definition) is 0. The maximum absolute atomic E-state index is 6.32. The van der Waals surface area contributed by atoms with Crippen molar-refractivity contribution in [3.8, 4) is 0 Å². The van der Waals surface area contributed by atoms with Gasteiger partial charge in [0.25, 0.3) is 0 Å². The molecule has 0 N–H and O–H groups in total. The van der Waals surface area contributed by atoms with Gasteiger partial charge in [0.2, 0.25) is 0 Å². The van der Waals surface area contributed by atoms with Gasteiger partial charge in [-0.2, -0.15) is 0 Å². The highest BCUT2D eigenvalue weighted by atomic mass is 35.5. The van der Waals surface area contributed by atoms with Crippen LogP contribution < -0.4 is 0 Å². The molecular weight excluding hydrogens is 238 g/mol. The lowest BCUT2D eigenvalue weighted by atomic mass is 10.0. The average molecular weight is 252 g/mol. The number of nitrogens with zero attached hydrogens (tertiary/aromatic N) is 1. The molecule has 0 atom stereocenters. The van der Waals surface area contributed by atoms with Crippen LogP contribution >= 0.6 is 22.9 Å². The van der Waals surface area contributed by atoms with E-state index in [1.165, 1.54) is 26.1 Å². The monoisotopic (exact) mass is 251 g/mol. The highest BCUT2D eigenvalue weighted by molar-refractivity contribution is 7.19. The standard InChI is InChI=1S/C13H14ClNS/c1-8-10-7-15(2)6-5-9-11(14)3-4-12(16-8)13(9)10/h3-4H,5-7H2,1-2H3. The first-order valence-corrected chi connectivity index (χ1v) is 6.74. The Bertz CT molecular complexity index is 559. The molecular formula is C13H14ClNS. The van der Waals surface area contributed by atoms with Crippen LogP contribution in [0.4, 0.5) is 0 Å². The maximum Gasteiger partial charge on any atom is 0.0445 e. The fourth-order valence-corrected chi connectivity index (χ4v) is 3.86. The summed E-state index contributed by atoms with van der Waals surface area (Å²) in [6.07, 6.45) is 1.07. The Kier molecular flexibility index (Phi) is 2.46. The number of likely N-dealkylation sites (N-methyl/N-ethyl adjacent to an activating group) is 1. The number of hydrogen-bond acceptors (Lipinski definition) is 2. The Labute approximate surface area is 105 Å². The van der Waals surface area contributed by atoms with Crippen molar-refractivity contribution in [3.05, 3.63) is 33.2 Å². The van der Waals surface area contributed by atoms with Gasteiger partial charge in [-0.1, -0.05) is 11.6 Å². The van der Waals surface area contributed by atoms with Crippen molar-refractivity contribution in [1.29, 1.82) is 0 Å². The zero-order chi connectivity index (χ0) is 11.3. The van der Waals surface area contributed by atoms with Gasteiger partial charge in [0.1, 0.15) is 0 Å². The SMILES string of the molecule is Cc1sc2ccc(Cl)c3c2c1CN(C)CC3. The summed E-state index contributed by atoms with van der Waals surface area (Å²) in [5, 5.41) is 2.36. The molecule has 0 aliphatic carbocycles. The average Bonchev–Trinajstić information content (AvgIpc) is 2.46. The molecule has 0 fully saturated rings. The van der Waals surface area contributed by atoms with Crippen LogP contribution in [0.2, 0.25) is 5.02 Å². The molecule has 0 saturated heterocycles. The molecule has 16 heavy (non-hydrogen) atoms. The van der Waals surface area contributed by atoms with Crippen LogP contribution in [-0.4, -0.2) is 18.5 Å². The van der Waals surface area contributed by atoms with Crippen LogP contribution in [0.1, 0.15) is 16.0 Å². The van der Waals surface area contributed by atoms with Crippen molar-refractivity contribution in [2.24, 2.45) is 0 Å². The summed E-state index contributed by atoms with van der Waals surface area (Å²) in [6, 6.07) is 4.21. The van der Waals surface area contributed by atoms with E-state index in [4.69, 9.17) is 11.6 Å². The summed E-state index contributed by atoms with van der Waals surface area (Å²) in [7, 11) is 2.18. The Balaban J connectivity index is 2.38. The van der Waals surface area contributed by atoms with Gasteiger partial charge < -0.3 is 4.90 Å². The topological polar surface area (TPSA) is 3.24 Å². The predicted molar refractivity (Wildman–Crippen MR) is 71.6 cm³/mol. The van der Waals surface area contributed by atoms with Crippen LogP contribution in [0.25, 0.3) is 10.1 Å². The van der Waals surface area contributed by atoms with Gasteiger partial charge in [0, 0.05) is 33.1 Å². The third-order valence-corrected chi connectivity index (χ3v) is 4.85. The molecule has 1 aromatic heterocycles. The van der Waals surface area contributed by atoms with E-state index < -0.39 is 0 Å². The smallest absolute Gasteiger partial charge is 0.0445 e. The van der Waals surface area contributed by atoms with Crippen molar-refractivity contribution >= 4 is 33.0 Å². The van der Waals surface area contributed by atoms with E-state index in [2.05, 4.69) is 24.9 Å². The molecule has 1 nitrogen and oxygen atoms in total. The molecule has 0 saturated carbocycles. The van der Waals surface area contributed by atoms with E-state index in [0.29, 0.717) is 0 Å². The number of benzene rings is 1. The van der Waals surface area contributed by atoms with Gasteiger partial charge in [0.05, 0.1) is 0 Å². The molecule has 0 amide bonds. The second-order valence-corrected chi connectivity index (χ2v) is 6.19. The summed E-state index contributed by atoms with van der Waals surface area (Å²) >= 11 is 8.22. The highest BCUT2D eigenvalue weighted by Crippen LogP contribution is 2.38. The molecule has 84 valence electrons. The fraction of sp³-hybridized carbons (Fsp3) is 0.385. The van der Waals surface area contributed by atoms with Crippen LogP contribution in [0.5, 0.6) is 0 Å². The minimum Gasteiger partial charge on any atom is -0.302 e. The third-order valence-electron chi connectivity index (χ3n) is 3.38. The van der Waals surface area contributed by atoms with Crippen LogP contribution in [0.15, 0.2) is 12.1 Å². The van der Waals surface area contributed by atoms with E-state index in [1.54, 1.807) is 0 Å². The van der Waals surface area contributed by atoms with Crippen molar-refractivity contribution in [2.75, 3.05) is 13.6 Å². The van der Waals surface area contributed by atoms with Gasteiger partial charge in [-0.15, -0.1) is 11.3 Å². The summed E-state index contributed by atoms with van der Waals surface area (Å²) in [5.41, 5.74) is 2.83. The first kappa shape index (κ1) is 10.6. The molecule has 0 radical (unpaired) electrons. The Hall–Kier alpha value is -0.570. The molecule has 0 unspecified atom stereocenters. The molecule has 3 heteroatoms. The van der Waals surface area contributed by atoms with Gasteiger partial charge in [0.15, 0.2) is 0 Å². The molecule has 1 aliphatic rings. The van der Waals surface area contributed by atoms with Gasteiger partial charge >= 0.3 is 0 Å². The van der Waals surface area contributed by atoms with E-state index in [0.717, 1.165) is 24.5 Å². The summed E-state index contributed by atoms with van der Waals surface area (Å²) < 4.78 is 1.39. The van der Waals surface area contributed by atoms with Crippen molar-refractivity contribution in [3.63, 3.8) is 0 Å². The minimum absolute atomic E-state index is 0.932. The number of rotatable bonds is 0. The second kappa shape index (κ2) is 3.73. The molecule has 2 aromatic rings. The highest BCUT2D eigenvalue weighted by Gasteiger charge is 2.19. The normalized spacial score (nSPS) is 16.7. The van der Waals surface area contributed by atoms with Crippen LogP contribution in [0.3, 0.4) is 0 Å². The number of thiophene rings is 1. The van der Waals surface area contributed by atoms with E-state index in [-0.39, 0.29) is 0 Å². The molecule has 0 spiro atoms. The lowest BCUT2D eigenvalue weighted by Gasteiger charge is -2.13. The maximum atomic E-state index is 6.32. The molecule has 0 bridgehead atoms. The molecule has 1 aliphatic heterocycles. The van der Waals surface area contributed by atoms with Crippen molar-refractivity contribution < 1.29 is 0 Å². The lowest BCUT2D eigenvalue weighted by molar-refractivity contribution is 0.336. The van der Waals surface area contributed by atoms with Gasteiger partial charge in [-0.05, 0) is 43.7 Å². The molecule has 3 rings (SSSR count). The van der Waals surface area contributed by atoms with E-state index in [1.807, 2.05) is 17.4 Å². The summed E-state index contributed by atoms with van der Waals surface area (Å²) in [4.78, 5) is 3.82. The second-order valence-electron chi connectivity index (χ2n) is 4.52. The third kappa shape index (κ3) is 1.48.